The van der Waals surface area contributed by atoms with Crippen molar-refractivity contribution in [3.63, 3.8) is 0 Å². The van der Waals surface area contributed by atoms with E-state index in [1.54, 1.807) is 12.3 Å². The molecule has 2 nitrogen and oxygen atoms in total. The lowest BCUT2D eigenvalue weighted by molar-refractivity contribution is 0.0878. The van der Waals surface area contributed by atoms with Gasteiger partial charge in [0.15, 0.2) is 0 Å². The zero-order valence-corrected chi connectivity index (χ0v) is 10.1. The first-order chi connectivity index (χ1) is 8.29. The van der Waals surface area contributed by atoms with Gasteiger partial charge in [-0.05, 0) is 24.8 Å². The van der Waals surface area contributed by atoms with Crippen LogP contribution in [0.5, 0.6) is 0 Å². The van der Waals surface area contributed by atoms with Crippen molar-refractivity contribution in [1.29, 1.82) is 0 Å². The third-order valence-electron chi connectivity index (χ3n) is 3.72. The Hall–Kier alpha value is -0.960. The molecule has 1 fully saturated rings. The molecule has 0 radical (unpaired) electrons. The van der Waals surface area contributed by atoms with Gasteiger partial charge in [0.05, 0.1) is 12.3 Å². The maximum Gasteiger partial charge on any atom is 0.147 e. The normalized spacial score (nSPS) is 20.6. The number of aliphatic hydroxyl groups is 1. The molecule has 0 amide bonds. The van der Waals surface area contributed by atoms with Gasteiger partial charge < -0.3 is 5.11 Å². The Kier molecular flexibility index (Phi) is 4.49. The zero-order valence-electron chi connectivity index (χ0n) is 10.1. The maximum absolute atomic E-state index is 13.6. The third kappa shape index (κ3) is 3.25. The summed E-state index contributed by atoms with van der Waals surface area (Å²) >= 11 is 0. The number of halogens is 1. The summed E-state index contributed by atoms with van der Waals surface area (Å²) < 4.78 is 13.6. The number of hydrogen-bond acceptors (Lipinski definition) is 2. The molecule has 1 saturated carbocycles. The summed E-state index contributed by atoms with van der Waals surface area (Å²) in [6.07, 6.45) is 10.1. The van der Waals surface area contributed by atoms with Gasteiger partial charge in [-0.15, -0.1) is 0 Å². The second kappa shape index (κ2) is 6.10. The standard InChI is InChI=1S/C14H20FNO/c15-13-10-16-9-8-12(13)14(17)11-6-4-2-1-3-5-7-11/h8-11,14,17H,1-7H2. The largest absolute Gasteiger partial charge is 0.388 e. The van der Waals surface area contributed by atoms with Crippen molar-refractivity contribution in [2.75, 3.05) is 0 Å². The molecular formula is C14H20FNO. The topological polar surface area (TPSA) is 33.1 Å². The molecule has 1 N–H and O–H groups in total. The molecule has 94 valence electrons. The van der Waals surface area contributed by atoms with Crippen molar-refractivity contribution in [1.82, 2.24) is 4.98 Å². The number of rotatable bonds is 2. The first-order valence-electron chi connectivity index (χ1n) is 6.56. The third-order valence-corrected chi connectivity index (χ3v) is 3.72. The number of hydrogen-bond donors (Lipinski definition) is 1. The zero-order chi connectivity index (χ0) is 12.1. The van der Waals surface area contributed by atoms with Crippen molar-refractivity contribution in [3.8, 4) is 0 Å². The van der Waals surface area contributed by atoms with Crippen molar-refractivity contribution < 1.29 is 9.50 Å². The predicted molar refractivity (Wildman–Crippen MR) is 65.0 cm³/mol. The summed E-state index contributed by atoms with van der Waals surface area (Å²) in [6.45, 7) is 0. The van der Waals surface area contributed by atoms with Crippen molar-refractivity contribution >= 4 is 0 Å². The molecule has 0 saturated heterocycles. The highest BCUT2D eigenvalue weighted by Crippen LogP contribution is 2.33. The van der Waals surface area contributed by atoms with Gasteiger partial charge in [-0.25, -0.2) is 4.39 Å². The molecule has 2 rings (SSSR count). The average Bonchev–Trinajstić information content (AvgIpc) is 2.28. The number of pyridine rings is 1. The number of aromatic nitrogens is 1. The van der Waals surface area contributed by atoms with Crippen LogP contribution in [0.4, 0.5) is 4.39 Å². The fourth-order valence-corrected chi connectivity index (χ4v) is 2.68. The van der Waals surface area contributed by atoms with E-state index in [1.807, 2.05) is 0 Å². The number of nitrogens with zero attached hydrogens (tertiary/aromatic N) is 1. The smallest absolute Gasteiger partial charge is 0.147 e. The lowest BCUT2D eigenvalue weighted by Crippen LogP contribution is -2.15. The highest BCUT2D eigenvalue weighted by molar-refractivity contribution is 5.16. The Morgan fingerprint density at radius 1 is 1.18 bits per heavy atom. The van der Waals surface area contributed by atoms with Crippen molar-refractivity contribution in [2.45, 2.75) is 51.0 Å². The minimum atomic E-state index is -0.670. The van der Waals surface area contributed by atoms with E-state index in [-0.39, 0.29) is 11.7 Å². The molecule has 1 aromatic rings. The van der Waals surface area contributed by atoms with E-state index in [0.717, 1.165) is 25.7 Å². The number of aliphatic hydroxyl groups excluding tert-OH is 1. The van der Waals surface area contributed by atoms with E-state index in [9.17, 15) is 9.50 Å². The molecule has 17 heavy (non-hydrogen) atoms. The summed E-state index contributed by atoms with van der Waals surface area (Å²) in [6, 6.07) is 1.60. The molecule has 1 aromatic heterocycles. The highest BCUT2D eigenvalue weighted by Gasteiger charge is 2.23. The molecule has 0 bridgehead atoms. The van der Waals surface area contributed by atoms with Crippen LogP contribution in [0.15, 0.2) is 18.5 Å². The SMILES string of the molecule is OC(c1ccncc1F)C1CCCCCCC1. The van der Waals surface area contributed by atoms with Crippen LogP contribution in [0.3, 0.4) is 0 Å². The monoisotopic (exact) mass is 237 g/mol. The molecular weight excluding hydrogens is 217 g/mol. The van der Waals surface area contributed by atoms with E-state index >= 15 is 0 Å². The van der Waals surface area contributed by atoms with Crippen LogP contribution < -0.4 is 0 Å². The van der Waals surface area contributed by atoms with Gasteiger partial charge in [0, 0.05) is 11.8 Å². The maximum atomic E-state index is 13.6. The molecule has 3 heteroatoms. The van der Waals surface area contributed by atoms with E-state index in [4.69, 9.17) is 0 Å². The fourth-order valence-electron chi connectivity index (χ4n) is 2.68. The Balaban J connectivity index is 2.07. The first-order valence-corrected chi connectivity index (χ1v) is 6.56. The van der Waals surface area contributed by atoms with Crippen LogP contribution in [0, 0.1) is 11.7 Å². The summed E-state index contributed by atoms with van der Waals surface area (Å²) in [7, 11) is 0. The molecule has 0 spiro atoms. The van der Waals surface area contributed by atoms with Crippen LogP contribution in [-0.2, 0) is 0 Å². The van der Waals surface area contributed by atoms with E-state index in [1.165, 1.54) is 25.5 Å². The van der Waals surface area contributed by atoms with Gasteiger partial charge in [-0.2, -0.15) is 0 Å². The molecule has 1 aliphatic carbocycles. The quantitative estimate of drug-likeness (QED) is 0.852. The second-order valence-electron chi connectivity index (χ2n) is 4.95. The van der Waals surface area contributed by atoms with Crippen LogP contribution in [0.2, 0.25) is 0 Å². The van der Waals surface area contributed by atoms with Crippen molar-refractivity contribution in [3.05, 3.63) is 29.8 Å². The lowest BCUT2D eigenvalue weighted by atomic mass is 9.84. The Labute approximate surface area is 102 Å². The summed E-state index contributed by atoms with van der Waals surface area (Å²) in [5.41, 5.74) is 0.408. The van der Waals surface area contributed by atoms with Gasteiger partial charge in [0.1, 0.15) is 5.82 Å². The average molecular weight is 237 g/mol. The van der Waals surface area contributed by atoms with Crippen LogP contribution in [-0.4, -0.2) is 10.1 Å². The summed E-state index contributed by atoms with van der Waals surface area (Å²) in [5.74, 6) is -0.186. The van der Waals surface area contributed by atoms with Crippen LogP contribution in [0.25, 0.3) is 0 Å². The minimum absolute atomic E-state index is 0.201. The van der Waals surface area contributed by atoms with Gasteiger partial charge in [0.2, 0.25) is 0 Å². The van der Waals surface area contributed by atoms with Crippen LogP contribution >= 0.6 is 0 Å². The molecule has 1 atom stereocenters. The molecule has 1 aliphatic rings. The van der Waals surface area contributed by atoms with Gasteiger partial charge >= 0.3 is 0 Å². The Morgan fingerprint density at radius 2 is 1.82 bits per heavy atom. The van der Waals surface area contributed by atoms with E-state index < -0.39 is 6.10 Å². The Morgan fingerprint density at radius 3 is 2.47 bits per heavy atom. The van der Waals surface area contributed by atoms with Crippen LogP contribution in [0.1, 0.15) is 56.6 Å². The lowest BCUT2D eigenvalue weighted by Gasteiger charge is -2.25. The van der Waals surface area contributed by atoms with Crippen molar-refractivity contribution in [2.24, 2.45) is 5.92 Å². The summed E-state index contributed by atoms with van der Waals surface area (Å²) in [5, 5.41) is 10.3. The fraction of sp³-hybridized carbons (Fsp3) is 0.643. The first kappa shape index (κ1) is 12.5. The predicted octanol–water partition coefficient (Wildman–Crippen LogP) is 3.61. The Bertz CT molecular complexity index is 348. The molecule has 0 aliphatic heterocycles. The molecule has 1 heterocycles. The minimum Gasteiger partial charge on any atom is -0.388 e. The van der Waals surface area contributed by atoms with Gasteiger partial charge in [-0.3, -0.25) is 4.98 Å². The van der Waals surface area contributed by atoms with E-state index in [0.29, 0.717) is 5.56 Å². The van der Waals surface area contributed by atoms with Gasteiger partial charge in [0.25, 0.3) is 0 Å². The van der Waals surface area contributed by atoms with Gasteiger partial charge in [-0.1, -0.05) is 32.1 Å². The highest BCUT2D eigenvalue weighted by atomic mass is 19.1. The molecule has 0 aromatic carbocycles. The molecule has 1 unspecified atom stereocenters. The summed E-state index contributed by atoms with van der Waals surface area (Å²) in [4.78, 5) is 3.72. The second-order valence-corrected chi connectivity index (χ2v) is 4.95. The van der Waals surface area contributed by atoms with E-state index in [2.05, 4.69) is 4.98 Å².